The number of carbonyl (C=O) groups excluding carboxylic acids is 2. The lowest BCUT2D eigenvalue weighted by Crippen LogP contribution is -2.61. The van der Waals surface area contributed by atoms with Gasteiger partial charge >= 0.3 is 11.9 Å². The van der Waals surface area contributed by atoms with Crippen LogP contribution in [-0.2, 0) is 19.1 Å². The first-order chi connectivity index (χ1) is 15.5. The van der Waals surface area contributed by atoms with E-state index in [0.717, 1.165) is 38.5 Å². The predicted octanol–water partition coefficient (Wildman–Crippen LogP) is 4.62. The van der Waals surface area contributed by atoms with Gasteiger partial charge in [-0.3, -0.25) is 14.4 Å². The molecule has 4 fully saturated rings. The maximum atomic E-state index is 13.9. The second kappa shape index (κ2) is 8.66. The molecule has 4 aliphatic carbocycles. The van der Waals surface area contributed by atoms with Gasteiger partial charge in [-0.05, 0) is 91.8 Å². The Labute approximate surface area is 197 Å². The number of carboxylic acid groups (broad SMARTS) is 1. The Morgan fingerprint density at radius 1 is 1.12 bits per heavy atom. The van der Waals surface area contributed by atoms with E-state index in [9.17, 15) is 24.6 Å². The number of carboxylic acids is 1. The Balaban J connectivity index is 1.61. The Bertz CT molecular complexity index is 808. The summed E-state index contributed by atoms with van der Waals surface area (Å²) in [5, 5.41) is 20.3. The fraction of sp³-hybridized carbons (Fsp3) is 0.889. The van der Waals surface area contributed by atoms with E-state index >= 15 is 0 Å². The zero-order valence-electron chi connectivity index (χ0n) is 20.8. The van der Waals surface area contributed by atoms with E-state index in [0.29, 0.717) is 43.3 Å². The molecule has 0 amide bonds. The van der Waals surface area contributed by atoms with Crippen LogP contribution in [0.3, 0.4) is 0 Å². The maximum Gasteiger partial charge on any atom is 0.305 e. The van der Waals surface area contributed by atoms with Gasteiger partial charge in [-0.1, -0.05) is 20.8 Å². The van der Waals surface area contributed by atoms with Crippen molar-refractivity contribution in [3.05, 3.63) is 0 Å². The molecule has 4 aliphatic rings. The number of aliphatic hydroxyl groups is 1. The monoisotopic (exact) mass is 462 g/mol. The quantitative estimate of drug-likeness (QED) is 0.559. The number of Topliss-reactive ketones (excluding diaryl/α,β-unsaturated/α-hetero) is 1. The Morgan fingerprint density at radius 3 is 2.52 bits per heavy atom. The highest BCUT2D eigenvalue weighted by molar-refractivity contribution is 5.87. The lowest BCUT2D eigenvalue weighted by molar-refractivity contribution is -0.190. The van der Waals surface area contributed by atoms with Gasteiger partial charge in [0.1, 0.15) is 5.78 Å². The van der Waals surface area contributed by atoms with E-state index in [4.69, 9.17) is 4.74 Å². The highest BCUT2D eigenvalue weighted by Crippen LogP contribution is 2.71. The molecule has 0 aromatic carbocycles. The Hall–Kier alpha value is -1.43. The standard InChI is InChI=1S/C27H42O6/c1-16(5-8-24(32)33-4)19-6-7-20-18-10-12-27(15-23(30)31)14-17(28)9-11-25(27,2)21(18)13-22(29)26(19,20)3/h16-21,28H,5-15H2,1-4H3,(H,30,31)/t16-,17+,18+,19-,20+,21+,25-,26-,27?/m1/s1. The molecule has 0 bridgehead atoms. The first-order valence-corrected chi connectivity index (χ1v) is 13.0. The maximum absolute atomic E-state index is 13.9. The third kappa shape index (κ3) is 3.75. The van der Waals surface area contributed by atoms with Crippen molar-refractivity contribution in [2.24, 2.45) is 45.8 Å². The molecule has 0 aromatic rings. The van der Waals surface area contributed by atoms with Crippen molar-refractivity contribution in [2.45, 2.75) is 97.5 Å². The molecule has 0 aliphatic heterocycles. The van der Waals surface area contributed by atoms with Gasteiger partial charge in [-0.25, -0.2) is 0 Å². The van der Waals surface area contributed by atoms with Gasteiger partial charge < -0.3 is 14.9 Å². The number of rotatable bonds is 6. The number of hydrogen-bond acceptors (Lipinski definition) is 5. The second-order valence-corrected chi connectivity index (χ2v) is 12.3. The lowest BCUT2D eigenvalue weighted by atomic mass is 9.39. The average Bonchev–Trinajstić information content (AvgIpc) is 3.12. The van der Waals surface area contributed by atoms with E-state index in [1.165, 1.54) is 7.11 Å². The lowest BCUT2D eigenvalue weighted by Gasteiger charge is -2.65. The molecule has 186 valence electrons. The highest BCUT2D eigenvalue weighted by atomic mass is 16.5. The number of methoxy groups -OCH3 is 1. The third-order valence-corrected chi connectivity index (χ3v) is 11.2. The van der Waals surface area contributed by atoms with Crippen molar-refractivity contribution in [3.63, 3.8) is 0 Å². The van der Waals surface area contributed by atoms with Gasteiger partial charge in [0.15, 0.2) is 0 Å². The molecule has 4 saturated carbocycles. The normalized spacial score (nSPS) is 45.5. The van der Waals surface area contributed by atoms with Crippen LogP contribution < -0.4 is 0 Å². The van der Waals surface area contributed by atoms with Crippen LogP contribution in [0.2, 0.25) is 0 Å². The summed E-state index contributed by atoms with van der Waals surface area (Å²) in [4.78, 5) is 37.5. The number of carbonyl (C=O) groups is 3. The molecule has 6 nitrogen and oxygen atoms in total. The van der Waals surface area contributed by atoms with Crippen LogP contribution in [0.4, 0.5) is 0 Å². The van der Waals surface area contributed by atoms with Crippen molar-refractivity contribution in [3.8, 4) is 0 Å². The third-order valence-electron chi connectivity index (χ3n) is 11.2. The van der Waals surface area contributed by atoms with E-state index in [-0.39, 0.29) is 41.0 Å². The number of esters is 1. The largest absolute Gasteiger partial charge is 0.481 e. The molecule has 0 radical (unpaired) electrons. The molecule has 1 unspecified atom stereocenters. The molecule has 0 spiro atoms. The summed E-state index contributed by atoms with van der Waals surface area (Å²) in [5.74, 6) is 0.912. The zero-order chi connectivity index (χ0) is 24.2. The van der Waals surface area contributed by atoms with Gasteiger partial charge in [-0.2, -0.15) is 0 Å². The fourth-order valence-corrected chi connectivity index (χ4v) is 9.36. The number of aliphatic carboxylic acids is 1. The van der Waals surface area contributed by atoms with Gasteiger partial charge in [0.2, 0.25) is 0 Å². The average molecular weight is 463 g/mol. The van der Waals surface area contributed by atoms with Crippen LogP contribution in [0, 0.1) is 45.8 Å². The minimum Gasteiger partial charge on any atom is -0.481 e. The van der Waals surface area contributed by atoms with E-state index in [1.54, 1.807) is 0 Å². The molecule has 33 heavy (non-hydrogen) atoms. The van der Waals surface area contributed by atoms with Crippen molar-refractivity contribution in [2.75, 3.05) is 7.11 Å². The zero-order valence-corrected chi connectivity index (χ0v) is 20.8. The van der Waals surface area contributed by atoms with Crippen molar-refractivity contribution in [1.29, 1.82) is 0 Å². The molecule has 0 aromatic heterocycles. The molecule has 0 heterocycles. The number of hydrogen-bond donors (Lipinski definition) is 2. The summed E-state index contributed by atoms with van der Waals surface area (Å²) in [6.07, 6.45) is 7.23. The van der Waals surface area contributed by atoms with Crippen LogP contribution in [0.5, 0.6) is 0 Å². The summed E-state index contributed by atoms with van der Waals surface area (Å²) in [7, 11) is 1.42. The molecular formula is C27H42O6. The van der Waals surface area contributed by atoms with E-state index in [2.05, 4.69) is 20.8 Å². The minimum atomic E-state index is -0.791. The molecular weight excluding hydrogens is 420 g/mol. The predicted molar refractivity (Wildman–Crippen MR) is 123 cm³/mol. The van der Waals surface area contributed by atoms with Crippen LogP contribution in [0.15, 0.2) is 0 Å². The van der Waals surface area contributed by atoms with Crippen molar-refractivity contribution < 1.29 is 29.3 Å². The fourth-order valence-electron chi connectivity index (χ4n) is 9.36. The smallest absolute Gasteiger partial charge is 0.305 e. The van der Waals surface area contributed by atoms with Gasteiger partial charge in [0.05, 0.1) is 19.6 Å². The summed E-state index contributed by atoms with van der Waals surface area (Å²) in [5.41, 5.74) is -0.995. The van der Waals surface area contributed by atoms with E-state index < -0.39 is 17.5 Å². The molecule has 6 heteroatoms. The highest BCUT2D eigenvalue weighted by Gasteiger charge is 2.67. The number of fused-ring (bicyclic) bond motifs is 5. The first kappa shape index (κ1) is 24.7. The summed E-state index contributed by atoms with van der Waals surface area (Å²) in [6.45, 7) is 6.61. The molecule has 2 N–H and O–H groups in total. The first-order valence-electron chi connectivity index (χ1n) is 13.0. The Morgan fingerprint density at radius 2 is 1.85 bits per heavy atom. The molecule has 4 rings (SSSR count). The summed E-state index contributed by atoms with van der Waals surface area (Å²) in [6, 6.07) is 0. The number of ketones is 1. The Kier molecular flexibility index (Phi) is 6.48. The van der Waals surface area contributed by atoms with Crippen molar-refractivity contribution >= 4 is 17.7 Å². The molecule has 0 saturated heterocycles. The van der Waals surface area contributed by atoms with E-state index in [1.807, 2.05) is 0 Å². The van der Waals surface area contributed by atoms with Gasteiger partial charge in [-0.15, -0.1) is 0 Å². The van der Waals surface area contributed by atoms with Crippen LogP contribution in [-0.4, -0.2) is 41.1 Å². The van der Waals surface area contributed by atoms with Crippen LogP contribution >= 0.6 is 0 Å². The van der Waals surface area contributed by atoms with Gasteiger partial charge in [0, 0.05) is 18.3 Å². The second-order valence-electron chi connectivity index (χ2n) is 12.3. The summed E-state index contributed by atoms with van der Waals surface area (Å²) >= 11 is 0. The SMILES string of the molecule is COC(=O)CC[C@@H](C)[C@H]1CC[C@H]2[C@@H]3CCC4(CC(=O)O)C[C@@H](O)CC[C@]4(C)[C@H]3CC(=O)[C@]12C. The minimum absolute atomic E-state index is 0.0904. The van der Waals surface area contributed by atoms with Gasteiger partial charge in [0.25, 0.3) is 0 Å². The number of aliphatic hydroxyl groups excluding tert-OH is 1. The van der Waals surface area contributed by atoms with Crippen molar-refractivity contribution in [1.82, 2.24) is 0 Å². The topological polar surface area (TPSA) is 101 Å². The van der Waals surface area contributed by atoms with Crippen LogP contribution in [0.25, 0.3) is 0 Å². The molecule has 9 atom stereocenters. The summed E-state index contributed by atoms with van der Waals surface area (Å²) < 4.78 is 4.83. The number of ether oxygens (including phenoxy) is 1. The van der Waals surface area contributed by atoms with Crippen LogP contribution in [0.1, 0.15) is 91.4 Å².